The van der Waals surface area contributed by atoms with Crippen molar-refractivity contribution in [1.29, 1.82) is 0 Å². The van der Waals surface area contributed by atoms with Gasteiger partial charge in [-0.05, 0) is 42.9 Å². The number of amides is 1. The fourth-order valence-electron chi connectivity index (χ4n) is 2.59. The van der Waals surface area contributed by atoms with E-state index in [9.17, 15) is 9.59 Å². The normalized spacial score (nSPS) is 25.9. The fraction of sp³-hybridized carbons (Fsp3) is 0.467. The number of carboxylic acids is 1. The SMILES string of the molecule is O=C(NCC1(C(=O)O)CC1)C1CC1c1cccc(Cl)c1. The maximum atomic E-state index is 12.0. The summed E-state index contributed by atoms with van der Waals surface area (Å²) in [7, 11) is 0. The molecule has 2 saturated carbocycles. The Balaban J connectivity index is 1.54. The highest BCUT2D eigenvalue weighted by Gasteiger charge is 2.51. The standard InChI is InChI=1S/C15H16ClNO3/c16-10-3-1-2-9(6-10)11-7-12(11)13(18)17-8-15(4-5-15)14(19)20/h1-3,6,11-12H,4-5,7-8H2,(H,17,18)(H,19,20). The van der Waals surface area contributed by atoms with Crippen molar-refractivity contribution in [2.24, 2.45) is 11.3 Å². The third kappa shape index (κ3) is 2.52. The van der Waals surface area contributed by atoms with E-state index in [0.717, 1.165) is 12.0 Å². The van der Waals surface area contributed by atoms with Crippen LogP contribution in [0.25, 0.3) is 0 Å². The van der Waals surface area contributed by atoms with Crippen LogP contribution >= 0.6 is 11.6 Å². The summed E-state index contributed by atoms with van der Waals surface area (Å²) < 4.78 is 0. The van der Waals surface area contributed by atoms with Gasteiger partial charge in [-0.1, -0.05) is 23.7 Å². The van der Waals surface area contributed by atoms with Gasteiger partial charge in [0.15, 0.2) is 0 Å². The molecule has 2 aliphatic rings. The average molecular weight is 294 g/mol. The quantitative estimate of drug-likeness (QED) is 0.876. The number of nitrogens with one attached hydrogen (secondary N) is 1. The number of carbonyl (C=O) groups is 2. The van der Waals surface area contributed by atoms with Gasteiger partial charge in [0.25, 0.3) is 0 Å². The Bertz CT molecular complexity index is 568. The molecule has 1 amide bonds. The first-order valence-corrected chi connectivity index (χ1v) is 7.16. The Hall–Kier alpha value is -1.55. The zero-order valence-corrected chi connectivity index (χ0v) is 11.7. The van der Waals surface area contributed by atoms with E-state index in [1.807, 2.05) is 24.3 Å². The molecule has 0 aliphatic heterocycles. The van der Waals surface area contributed by atoms with Crippen LogP contribution in [-0.2, 0) is 9.59 Å². The molecule has 0 radical (unpaired) electrons. The second-order valence-electron chi connectivity index (χ2n) is 5.81. The summed E-state index contributed by atoms with van der Waals surface area (Å²) in [4.78, 5) is 23.1. The maximum absolute atomic E-state index is 12.0. The van der Waals surface area contributed by atoms with E-state index < -0.39 is 11.4 Å². The van der Waals surface area contributed by atoms with E-state index in [4.69, 9.17) is 16.7 Å². The van der Waals surface area contributed by atoms with Gasteiger partial charge in [0.05, 0.1) is 5.41 Å². The van der Waals surface area contributed by atoms with Crippen LogP contribution in [0, 0.1) is 11.3 Å². The molecule has 0 saturated heterocycles. The molecule has 3 rings (SSSR count). The smallest absolute Gasteiger partial charge is 0.311 e. The number of rotatable bonds is 5. The zero-order valence-electron chi connectivity index (χ0n) is 10.9. The summed E-state index contributed by atoms with van der Waals surface area (Å²) in [5, 5.41) is 12.5. The third-order valence-electron chi connectivity index (χ3n) is 4.31. The number of benzene rings is 1. The van der Waals surface area contributed by atoms with Crippen molar-refractivity contribution in [3.8, 4) is 0 Å². The first kappa shape index (κ1) is 13.4. The highest BCUT2D eigenvalue weighted by atomic mass is 35.5. The summed E-state index contributed by atoms with van der Waals surface area (Å²) in [5.41, 5.74) is 0.382. The van der Waals surface area contributed by atoms with Crippen LogP contribution in [0.2, 0.25) is 5.02 Å². The van der Waals surface area contributed by atoms with Crippen molar-refractivity contribution in [3.05, 3.63) is 34.9 Å². The molecule has 2 unspecified atom stereocenters. The van der Waals surface area contributed by atoms with E-state index in [-0.39, 0.29) is 24.3 Å². The number of hydrogen-bond acceptors (Lipinski definition) is 2. The molecule has 0 spiro atoms. The largest absolute Gasteiger partial charge is 0.481 e. The summed E-state index contributed by atoms with van der Waals surface area (Å²) in [6, 6.07) is 7.56. The molecule has 2 fully saturated rings. The number of carboxylic acid groups (broad SMARTS) is 1. The van der Waals surface area contributed by atoms with Crippen LogP contribution < -0.4 is 5.32 Å². The van der Waals surface area contributed by atoms with Gasteiger partial charge in [0.1, 0.15) is 0 Å². The van der Waals surface area contributed by atoms with Gasteiger partial charge in [-0.2, -0.15) is 0 Å². The highest BCUT2D eigenvalue weighted by Crippen LogP contribution is 2.49. The van der Waals surface area contributed by atoms with Crippen LogP contribution in [0.5, 0.6) is 0 Å². The molecule has 4 nitrogen and oxygen atoms in total. The monoisotopic (exact) mass is 293 g/mol. The third-order valence-corrected chi connectivity index (χ3v) is 4.55. The van der Waals surface area contributed by atoms with Gasteiger partial charge in [-0.3, -0.25) is 9.59 Å². The van der Waals surface area contributed by atoms with Crippen molar-refractivity contribution < 1.29 is 14.7 Å². The van der Waals surface area contributed by atoms with Gasteiger partial charge in [0.2, 0.25) is 5.91 Å². The number of halogens is 1. The lowest BCUT2D eigenvalue weighted by Gasteiger charge is -2.11. The van der Waals surface area contributed by atoms with E-state index in [1.54, 1.807) is 0 Å². The van der Waals surface area contributed by atoms with Crippen molar-refractivity contribution >= 4 is 23.5 Å². The molecule has 0 aromatic heterocycles. The molecule has 2 atom stereocenters. The van der Waals surface area contributed by atoms with Gasteiger partial charge in [-0.15, -0.1) is 0 Å². The van der Waals surface area contributed by atoms with Crippen molar-refractivity contribution in [3.63, 3.8) is 0 Å². The molecule has 5 heteroatoms. The Morgan fingerprint density at radius 2 is 2.15 bits per heavy atom. The van der Waals surface area contributed by atoms with E-state index in [0.29, 0.717) is 17.9 Å². The summed E-state index contributed by atoms with van der Waals surface area (Å²) in [6.07, 6.45) is 2.13. The molecular weight excluding hydrogens is 278 g/mol. The fourth-order valence-corrected chi connectivity index (χ4v) is 2.79. The van der Waals surface area contributed by atoms with Gasteiger partial charge in [0, 0.05) is 17.5 Å². The van der Waals surface area contributed by atoms with Crippen LogP contribution in [-0.4, -0.2) is 23.5 Å². The lowest BCUT2D eigenvalue weighted by atomic mass is 10.1. The second-order valence-corrected chi connectivity index (χ2v) is 6.24. The first-order valence-electron chi connectivity index (χ1n) is 6.78. The highest BCUT2D eigenvalue weighted by molar-refractivity contribution is 6.30. The molecule has 106 valence electrons. The number of hydrogen-bond donors (Lipinski definition) is 2. The second kappa shape index (κ2) is 4.77. The van der Waals surface area contributed by atoms with Crippen molar-refractivity contribution in [2.75, 3.05) is 6.54 Å². The molecule has 2 N–H and O–H groups in total. The van der Waals surface area contributed by atoms with E-state index >= 15 is 0 Å². The Morgan fingerprint density at radius 3 is 2.75 bits per heavy atom. The topological polar surface area (TPSA) is 66.4 Å². The van der Waals surface area contributed by atoms with Crippen LogP contribution in [0.1, 0.15) is 30.7 Å². The average Bonchev–Trinajstić information content (AvgIpc) is 3.29. The lowest BCUT2D eigenvalue weighted by molar-refractivity contribution is -0.143. The maximum Gasteiger partial charge on any atom is 0.311 e. The summed E-state index contributed by atoms with van der Waals surface area (Å²) in [6.45, 7) is 0.250. The van der Waals surface area contributed by atoms with Crippen LogP contribution in [0.15, 0.2) is 24.3 Å². The molecule has 20 heavy (non-hydrogen) atoms. The summed E-state index contributed by atoms with van der Waals surface area (Å²) >= 11 is 5.94. The van der Waals surface area contributed by atoms with Gasteiger partial charge >= 0.3 is 5.97 Å². The lowest BCUT2D eigenvalue weighted by Crippen LogP contribution is -2.35. The van der Waals surface area contributed by atoms with Crippen LogP contribution in [0.3, 0.4) is 0 Å². The van der Waals surface area contributed by atoms with E-state index in [2.05, 4.69) is 5.32 Å². The van der Waals surface area contributed by atoms with Crippen LogP contribution in [0.4, 0.5) is 0 Å². The van der Waals surface area contributed by atoms with Gasteiger partial charge < -0.3 is 10.4 Å². The predicted molar refractivity (Wildman–Crippen MR) is 74.6 cm³/mol. The van der Waals surface area contributed by atoms with Gasteiger partial charge in [-0.25, -0.2) is 0 Å². The molecule has 2 aliphatic carbocycles. The Morgan fingerprint density at radius 1 is 1.40 bits per heavy atom. The predicted octanol–water partition coefficient (Wildman–Crippen LogP) is 2.42. The molecule has 0 heterocycles. The number of aliphatic carboxylic acids is 1. The molecule has 1 aromatic carbocycles. The minimum absolute atomic E-state index is 0.0394. The molecule has 1 aromatic rings. The molecule has 0 bridgehead atoms. The van der Waals surface area contributed by atoms with Crippen molar-refractivity contribution in [2.45, 2.75) is 25.2 Å². The minimum atomic E-state index is -0.806. The Labute approximate surface area is 122 Å². The molecular formula is C15H16ClNO3. The Kier molecular flexibility index (Phi) is 3.21. The minimum Gasteiger partial charge on any atom is -0.481 e. The zero-order chi connectivity index (χ0) is 14.3. The van der Waals surface area contributed by atoms with E-state index in [1.165, 1.54) is 0 Å². The van der Waals surface area contributed by atoms with Crippen molar-refractivity contribution in [1.82, 2.24) is 5.32 Å². The number of carbonyl (C=O) groups excluding carboxylic acids is 1. The summed E-state index contributed by atoms with van der Waals surface area (Å²) in [5.74, 6) is -0.672. The first-order chi connectivity index (χ1) is 9.52.